The van der Waals surface area contributed by atoms with E-state index in [1.54, 1.807) is 24.3 Å². The van der Waals surface area contributed by atoms with E-state index in [9.17, 15) is 14.4 Å². The molecule has 1 heterocycles. The lowest BCUT2D eigenvalue weighted by Gasteiger charge is -2.17. The minimum atomic E-state index is -0.592. The molecule has 3 rings (SSSR count). The number of ether oxygens (including phenoxy) is 2. The minimum absolute atomic E-state index is 0.00877. The van der Waals surface area contributed by atoms with Crippen molar-refractivity contribution in [1.29, 1.82) is 0 Å². The highest BCUT2D eigenvalue weighted by Crippen LogP contribution is 2.35. The normalized spacial score (nSPS) is 13.3. The van der Waals surface area contributed by atoms with E-state index in [-0.39, 0.29) is 35.9 Å². The molecule has 2 aromatic rings. The van der Waals surface area contributed by atoms with Crippen molar-refractivity contribution in [1.82, 2.24) is 4.90 Å². The molecule has 0 aromatic heterocycles. The smallest absolute Gasteiger partial charge is 0.277 e. The number of anilines is 1. The Bertz CT molecular complexity index is 1030. The molecule has 0 fully saturated rings. The van der Waals surface area contributed by atoms with E-state index >= 15 is 0 Å². The van der Waals surface area contributed by atoms with Crippen molar-refractivity contribution in [3.05, 3.63) is 63.8 Å². The number of benzene rings is 2. The highest BCUT2D eigenvalue weighted by molar-refractivity contribution is 9.10. The van der Waals surface area contributed by atoms with Gasteiger partial charge in [0.15, 0.2) is 17.3 Å². The van der Waals surface area contributed by atoms with Crippen LogP contribution in [0.1, 0.15) is 15.9 Å². The number of rotatable bonds is 8. The number of hydrogen-bond acceptors (Lipinski definition) is 7. The second-order valence-corrected chi connectivity index (χ2v) is 7.21. The molecule has 2 amide bonds. The average molecular weight is 475 g/mol. The number of imide groups is 1. The Morgan fingerprint density at radius 3 is 2.33 bits per heavy atom. The van der Waals surface area contributed by atoms with E-state index in [0.717, 1.165) is 15.4 Å². The number of halogens is 1. The summed E-state index contributed by atoms with van der Waals surface area (Å²) in [5.74, 6) is -0.760. The largest absolute Gasteiger partial charge is 0.493 e. The van der Waals surface area contributed by atoms with Gasteiger partial charge in [-0.25, -0.2) is 0 Å². The van der Waals surface area contributed by atoms with Crippen molar-refractivity contribution in [2.45, 2.75) is 0 Å². The van der Waals surface area contributed by atoms with Crippen LogP contribution in [-0.2, 0) is 9.59 Å². The first-order chi connectivity index (χ1) is 14.4. The third-order valence-electron chi connectivity index (χ3n) is 4.48. The summed E-state index contributed by atoms with van der Waals surface area (Å²) < 4.78 is 11.4. The van der Waals surface area contributed by atoms with E-state index in [2.05, 4.69) is 21.2 Å². The zero-order chi connectivity index (χ0) is 21.8. The molecule has 0 unspecified atom stereocenters. The number of aliphatic hydroxyl groups excluding tert-OH is 1. The molecule has 0 aliphatic carbocycles. The summed E-state index contributed by atoms with van der Waals surface area (Å²) >= 11 is 3.34. The Labute approximate surface area is 181 Å². The van der Waals surface area contributed by atoms with Gasteiger partial charge in [-0.05, 0) is 30.3 Å². The average Bonchev–Trinajstić information content (AvgIpc) is 3.01. The van der Waals surface area contributed by atoms with Crippen LogP contribution < -0.4 is 14.8 Å². The predicted molar refractivity (Wildman–Crippen MR) is 113 cm³/mol. The number of ketones is 1. The number of amides is 2. The zero-order valence-corrected chi connectivity index (χ0v) is 17.9. The maximum Gasteiger partial charge on any atom is 0.277 e. The lowest BCUT2D eigenvalue weighted by molar-refractivity contribution is -0.137. The van der Waals surface area contributed by atoms with E-state index in [1.807, 2.05) is 0 Å². The van der Waals surface area contributed by atoms with Gasteiger partial charge in [0, 0.05) is 27.7 Å². The molecule has 1 aliphatic heterocycles. The fourth-order valence-corrected chi connectivity index (χ4v) is 3.25. The van der Waals surface area contributed by atoms with E-state index < -0.39 is 11.8 Å². The van der Waals surface area contributed by atoms with E-state index in [0.29, 0.717) is 17.1 Å². The number of nitrogens with one attached hydrogen (secondary N) is 1. The highest BCUT2D eigenvalue weighted by atomic mass is 79.9. The van der Waals surface area contributed by atoms with Gasteiger partial charge in [0.05, 0.1) is 33.1 Å². The first-order valence-electron chi connectivity index (χ1n) is 8.91. The molecule has 2 N–H and O–H groups in total. The summed E-state index contributed by atoms with van der Waals surface area (Å²) in [7, 11) is 2.90. The number of nitrogens with zero attached hydrogens (tertiary/aromatic N) is 1. The van der Waals surface area contributed by atoms with E-state index in [4.69, 9.17) is 14.6 Å². The van der Waals surface area contributed by atoms with Crippen LogP contribution in [0.4, 0.5) is 5.69 Å². The molecule has 0 radical (unpaired) electrons. The van der Waals surface area contributed by atoms with Gasteiger partial charge in [-0.3, -0.25) is 19.3 Å². The molecule has 30 heavy (non-hydrogen) atoms. The van der Waals surface area contributed by atoms with Crippen LogP contribution in [0, 0.1) is 0 Å². The monoisotopic (exact) mass is 474 g/mol. The van der Waals surface area contributed by atoms with Crippen LogP contribution >= 0.6 is 15.9 Å². The first kappa shape index (κ1) is 21.5. The molecule has 1 aliphatic rings. The zero-order valence-electron chi connectivity index (χ0n) is 16.3. The molecule has 0 saturated carbocycles. The standard InChI is InChI=1S/C21H19BrN2O6/c1-29-17-9-14(20(27)12-3-5-13(22)6-4-12)15(10-18(17)30-2)23-16-11-19(26)24(7-8-25)21(16)28/h3-6,9-11,23,25H,7-8H2,1-2H3. The number of methoxy groups -OCH3 is 2. The van der Waals surface area contributed by atoms with Gasteiger partial charge in [-0.1, -0.05) is 15.9 Å². The number of aliphatic hydroxyl groups is 1. The Kier molecular flexibility index (Phi) is 6.53. The lowest BCUT2D eigenvalue weighted by Crippen LogP contribution is -2.34. The fraction of sp³-hybridized carbons (Fsp3) is 0.190. The van der Waals surface area contributed by atoms with Gasteiger partial charge >= 0.3 is 0 Å². The maximum absolute atomic E-state index is 13.2. The fourth-order valence-electron chi connectivity index (χ4n) is 2.98. The number of carbonyl (C=O) groups excluding carboxylic acids is 3. The second-order valence-electron chi connectivity index (χ2n) is 6.29. The SMILES string of the molecule is COc1cc(NC2=CC(=O)N(CCO)C2=O)c(C(=O)c2ccc(Br)cc2)cc1OC. The van der Waals surface area contributed by atoms with Crippen LogP contribution in [0.2, 0.25) is 0 Å². The third-order valence-corrected chi connectivity index (χ3v) is 5.01. The Morgan fingerprint density at radius 2 is 1.73 bits per heavy atom. The van der Waals surface area contributed by atoms with Crippen LogP contribution in [0.5, 0.6) is 11.5 Å². The first-order valence-corrected chi connectivity index (χ1v) is 9.70. The molecular weight excluding hydrogens is 456 g/mol. The van der Waals surface area contributed by atoms with Gasteiger partial charge < -0.3 is 19.9 Å². The van der Waals surface area contributed by atoms with E-state index in [1.165, 1.54) is 26.4 Å². The van der Waals surface area contributed by atoms with Crippen molar-refractivity contribution in [2.75, 3.05) is 32.7 Å². The molecule has 0 bridgehead atoms. The Balaban J connectivity index is 2.03. The van der Waals surface area contributed by atoms with Crippen LogP contribution in [0.15, 0.2) is 52.6 Å². The van der Waals surface area contributed by atoms with Crippen LogP contribution in [0.25, 0.3) is 0 Å². The second kappa shape index (κ2) is 9.10. The molecule has 9 heteroatoms. The van der Waals surface area contributed by atoms with Crippen molar-refractivity contribution in [3.63, 3.8) is 0 Å². The predicted octanol–water partition coefficient (Wildman–Crippen LogP) is 2.35. The van der Waals surface area contributed by atoms with Gasteiger partial charge in [-0.2, -0.15) is 0 Å². The summed E-state index contributed by atoms with van der Waals surface area (Å²) in [6, 6.07) is 9.86. The molecule has 156 valence electrons. The molecule has 8 nitrogen and oxygen atoms in total. The topological polar surface area (TPSA) is 105 Å². The summed E-state index contributed by atoms with van der Waals surface area (Å²) in [4.78, 5) is 38.6. The van der Waals surface area contributed by atoms with Gasteiger partial charge in [-0.15, -0.1) is 0 Å². The number of β-amino-alcohol motifs (C(OH)–C–C–N with tert-alkyl or cyclic N) is 1. The van der Waals surface area contributed by atoms with Crippen LogP contribution in [-0.4, -0.2) is 55.0 Å². The summed E-state index contributed by atoms with van der Waals surface area (Å²) in [6.45, 7) is -0.460. The van der Waals surface area contributed by atoms with Gasteiger partial charge in [0.2, 0.25) is 0 Å². The maximum atomic E-state index is 13.2. The Hall–Kier alpha value is -3.17. The summed E-state index contributed by atoms with van der Waals surface area (Å²) in [5, 5.41) is 11.9. The molecular formula is C21H19BrN2O6. The van der Waals surface area contributed by atoms with Crippen LogP contribution in [0.3, 0.4) is 0 Å². The minimum Gasteiger partial charge on any atom is -0.493 e. The third kappa shape index (κ3) is 4.22. The van der Waals surface area contributed by atoms with Gasteiger partial charge in [0.25, 0.3) is 11.8 Å². The number of carbonyl (C=O) groups is 3. The Morgan fingerprint density at radius 1 is 1.10 bits per heavy atom. The quantitative estimate of drug-likeness (QED) is 0.446. The molecule has 0 spiro atoms. The lowest BCUT2D eigenvalue weighted by atomic mass is 10.0. The summed E-state index contributed by atoms with van der Waals surface area (Å²) in [6.07, 6.45) is 1.13. The molecule has 0 atom stereocenters. The molecule has 2 aromatic carbocycles. The van der Waals surface area contributed by atoms with Gasteiger partial charge in [0.1, 0.15) is 5.70 Å². The van der Waals surface area contributed by atoms with Crippen molar-refractivity contribution < 1.29 is 29.0 Å². The van der Waals surface area contributed by atoms with Crippen molar-refractivity contribution in [2.24, 2.45) is 0 Å². The number of hydrogen-bond donors (Lipinski definition) is 2. The van der Waals surface area contributed by atoms with Crippen molar-refractivity contribution >= 4 is 39.2 Å². The van der Waals surface area contributed by atoms with Crippen molar-refractivity contribution in [3.8, 4) is 11.5 Å². The molecule has 0 saturated heterocycles. The highest BCUT2D eigenvalue weighted by Gasteiger charge is 2.31. The summed E-state index contributed by atoms with van der Waals surface area (Å²) in [5.41, 5.74) is 0.930.